The molecule has 2 rings (SSSR count). The zero-order chi connectivity index (χ0) is 18.4. The second-order valence-electron chi connectivity index (χ2n) is 6.80. The fourth-order valence-electron chi connectivity index (χ4n) is 3.07. The highest BCUT2D eigenvalue weighted by Crippen LogP contribution is 2.18. The lowest BCUT2D eigenvalue weighted by atomic mass is 10.1. The number of amides is 1. The van der Waals surface area contributed by atoms with Crippen molar-refractivity contribution < 1.29 is 9.53 Å². The van der Waals surface area contributed by atoms with Crippen molar-refractivity contribution >= 4 is 35.8 Å². The molecule has 7 heteroatoms. The van der Waals surface area contributed by atoms with Gasteiger partial charge < -0.3 is 20.3 Å². The van der Waals surface area contributed by atoms with Crippen LogP contribution in [0, 0.1) is 12.8 Å². The third-order valence-electron chi connectivity index (χ3n) is 4.48. The van der Waals surface area contributed by atoms with Crippen LogP contribution in [0.4, 0.5) is 0 Å². The normalized spacial score (nSPS) is 17.1. The number of methoxy groups -OCH3 is 1. The van der Waals surface area contributed by atoms with E-state index in [4.69, 9.17) is 4.74 Å². The molecule has 1 atom stereocenters. The van der Waals surface area contributed by atoms with Gasteiger partial charge in [-0.15, -0.1) is 24.0 Å². The van der Waals surface area contributed by atoms with Gasteiger partial charge in [0.1, 0.15) is 5.75 Å². The van der Waals surface area contributed by atoms with Gasteiger partial charge in [-0.05, 0) is 30.5 Å². The van der Waals surface area contributed by atoms with E-state index in [0.29, 0.717) is 6.54 Å². The van der Waals surface area contributed by atoms with Gasteiger partial charge >= 0.3 is 0 Å². The summed E-state index contributed by atoms with van der Waals surface area (Å²) >= 11 is 0. The van der Waals surface area contributed by atoms with Crippen LogP contribution >= 0.6 is 24.0 Å². The highest BCUT2D eigenvalue weighted by atomic mass is 127. The van der Waals surface area contributed by atoms with Crippen molar-refractivity contribution in [2.24, 2.45) is 10.9 Å². The summed E-state index contributed by atoms with van der Waals surface area (Å²) < 4.78 is 5.29. The average Bonchev–Trinajstić information content (AvgIpc) is 3.06. The Bertz CT molecular complexity index is 634. The number of guanidine groups is 1. The van der Waals surface area contributed by atoms with Gasteiger partial charge in [0, 0.05) is 38.6 Å². The third-order valence-corrected chi connectivity index (χ3v) is 4.48. The van der Waals surface area contributed by atoms with Crippen LogP contribution in [0.25, 0.3) is 0 Å². The molecule has 1 amide bonds. The van der Waals surface area contributed by atoms with Gasteiger partial charge in [0.2, 0.25) is 5.91 Å². The lowest BCUT2D eigenvalue weighted by Gasteiger charge is -2.20. The third kappa shape index (κ3) is 6.03. The predicted octanol–water partition coefficient (Wildman–Crippen LogP) is 2.54. The van der Waals surface area contributed by atoms with Gasteiger partial charge in [0.05, 0.1) is 7.11 Å². The van der Waals surface area contributed by atoms with Crippen molar-refractivity contribution in [2.45, 2.75) is 39.8 Å². The quantitative estimate of drug-likeness (QED) is 0.391. The molecule has 1 unspecified atom stereocenters. The molecule has 2 N–H and O–H groups in total. The van der Waals surface area contributed by atoms with Crippen LogP contribution in [0.5, 0.6) is 5.75 Å². The summed E-state index contributed by atoms with van der Waals surface area (Å²) in [4.78, 5) is 18.3. The van der Waals surface area contributed by atoms with Gasteiger partial charge in [-0.3, -0.25) is 9.79 Å². The van der Waals surface area contributed by atoms with Crippen molar-refractivity contribution in [3.05, 3.63) is 29.3 Å². The number of nitrogens with zero attached hydrogens (tertiary/aromatic N) is 2. The molecule has 1 aromatic carbocycles. The minimum absolute atomic E-state index is 0. The predicted molar refractivity (Wildman–Crippen MR) is 116 cm³/mol. The summed E-state index contributed by atoms with van der Waals surface area (Å²) in [6.07, 6.45) is 0.945. The number of aliphatic imine (C=N–C) groups is 1. The zero-order valence-electron chi connectivity index (χ0n) is 16.3. The Labute approximate surface area is 173 Å². The van der Waals surface area contributed by atoms with E-state index in [2.05, 4.69) is 21.7 Å². The molecule has 26 heavy (non-hydrogen) atoms. The van der Waals surface area contributed by atoms with E-state index >= 15 is 0 Å². The van der Waals surface area contributed by atoms with E-state index in [0.717, 1.165) is 36.8 Å². The molecule has 1 heterocycles. The molecular weight excluding hydrogens is 443 g/mol. The van der Waals surface area contributed by atoms with Crippen LogP contribution < -0.4 is 15.4 Å². The number of carbonyl (C=O) groups excluding carboxylic acids is 1. The number of benzene rings is 1. The molecule has 0 bridgehead atoms. The van der Waals surface area contributed by atoms with Crippen LogP contribution in [0.2, 0.25) is 0 Å². The first-order valence-corrected chi connectivity index (χ1v) is 8.84. The Hall–Kier alpha value is -1.51. The van der Waals surface area contributed by atoms with Gasteiger partial charge in [-0.25, -0.2) is 0 Å². The Morgan fingerprint density at radius 3 is 2.73 bits per heavy atom. The smallest absolute Gasteiger partial charge is 0.225 e. The summed E-state index contributed by atoms with van der Waals surface area (Å²) in [5.74, 6) is 1.93. The Kier molecular flexibility index (Phi) is 9.18. The summed E-state index contributed by atoms with van der Waals surface area (Å²) in [5, 5.41) is 6.76. The second kappa shape index (κ2) is 10.6. The Morgan fingerprint density at radius 2 is 2.15 bits per heavy atom. The minimum Gasteiger partial charge on any atom is -0.496 e. The Balaban J connectivity index is 0.00000338. The molecule has 1 saturated heterocycles. The highest BCUT2D eigenvalue weighted by Gasteiger charge is 2.27. The summed E-state index contributed by atoms with van der Waals surface area (Å²) in [6, 6.07) is 6.38. The van der Waals surface area contributed by atoms with Crippen LogP contribution in [0.1, 0.15) is 31.4 Å². The SMILES string of the molecule is CN=C(NCc1ccc(OC)c(C)c1)NC1CCN(C(=O)C(C)C)C1.I. The largest absolute Gasteiger partial charge is 0.496 e. The van der Waals surface area contributed by atoms with Crippen molar-refractivity contribution in [1.29, 1.82) is 0 Å². The first-order valence-electron chi connectivity index (χ1n) is 8.84. The standard InChI is InChI=1S/C19H30N4O2.HI/c1-13(2)18(24)23-9-8-16(12-23)22-19(20-4)21-11-15-6-7-17(25-5)14(3)10-15;/h6-7,10,13,16H,8-9,11-12H2,1-5H3,(H2,20,21,22);1H. The van der Waals surface area contributed by atoms with Crippen LogP contribution in [-0.4, -0.2) is 50.1 Å². The molecule has 146 valence electrons. The number of carbonyl (C=O) groups is 1. The van der Waals surface area contributed by atoms with Crippen molar-refractivity contribution in [3.8, 4) is 5.75 Å². The molecule has 0 spiro atoms. The van der Waals surface area contributed by atoms with E-state index in [-0.39, 0.29) is 41.8 Å². The molecule has 0 radical (unpaired) electrons. The number of rotatable bonds is 5. The lowest BCUT2D eigenvalue weighted by molar-refractivity contribution is -0.133. The minimum atomic E-state index is 0. The summed E-state index contributed by atoms with van der Waals surface area (Å²) in [7, 11) is 3.45. The molecule has 1 aliphatic heterocycles. The van der Waals surface area contributed by atoms with Crippen molar-refractivity contribution in [3.63, 3.8) is 0 Å². The molecule has 1 fully saturated rings. The molecule has 1 aromatic rings. The van der Waals surface area contributed by atoms with Gasteiger partial charge in [0.25, 0.3) is 0 Å². The van der Waals surface area contributed by atoms with Crippen LogP contribution in [-0.2, 0) is 11.3 Å². The van der Waals surface area contributed by atoms with Crippen molar-refractivity contribution in [1.82, 2.24) is 15.5 Å². The number of halogens is 1. The molecular formula is C19H31IN4O2. The number of likely N-dealkylation sites (tertiary alicyclic amines) is 1. The number of ether oxygens (including phenoxy) is 1. The van der Waals surface area contributed by atoms with E-state index < -0.39 is 0 Å². The summed E-state index contributed by atoms with van der Waals surface area (Å²) in [6.45, 7) is 8.16. The highest BCUT2D eigenvalue weighted by molar-refractivity contribution is 14.0. The zero-order valence-corrected chi connectivity index (χ0v) is 18.7. The van der Waals surface area contributed by atoms with Crippen LogP contribution in [0.15, 0.2) is 23.2 Å². The van der Waals surface area contributed by atoms with E-state index in [1.54, 1.807) is 14.2 Å². The topological polar surface area (TPSA) is 66.0 Å². The number of aryl methyl sites for hydroxylation is 1. The lowest BCUT2D eigenvalue weighted by Crippen LogP contribution is -2.45. The van der Waals surface area contributed by atoms with Gasteiger partial charge in [0.15, 0.2) is 5.96 Å². The maximum atomic E-state index is 12.1. The Morgan fingerprint density at radius 1 is 1.42 bits per heavy atom. The van der Waals surface area contributed by atoms with Crippen LogP contribution in [0.3, 0.4) is 0 Å². The molecule has 1 aliphatic rings. The van der Waals surface area contributed by atoms with Gasteiger partial charge in [-0.1, -0.05) is 26.0 Å². The van der Waals surface area contributed by atoms with Gasteiger partial charge in [-0.2, -0.15) is 0 Å². The fourth-order valence-corrected chi connectivity index (χ4v) is 3.07. The van der Waals surface area contributed by atoms with Crippen molar-refractivity contribution in [2.75, 3.05) is 27.2 Å². The first kappa shape index (κ1) is 22.5. The molecule has 0 saturated carbocycles. The average molecular weight is 474 g/mol. The second-order valence-corrected chi connectivity index (χ2v) is 6.80. The van der Waals surface area contributed by atoms with E-state index in [1.807, 2.05) is 37.8 Å². The maximum Gasteiger partial charge on any atom is 0.225 e. The molecule has 0 aliphatic carbocycles. The summed E-state index contributed by atoms with van der Waals surface area (Å²) in [5.41, 5.74) is 2.28. The van der Waals surface area contributed by atoms with E-state index in [9.17, 15) is 4.79 Å². The monoisotopic (exact) mass is 474 g/mol. The fraction of sp³-hybridized carbons (Fsp3) is 0.579. The number of hydrogen-bond acceptors (Lipinski definition) is 3. The maximum absolute atomic E-state index is 12.1. The molecule has 6 nitrogen and oxygen atoms in total. The molecule has 0 aromatic heterocycles. The first-order chi connectivity index (χ1) is 11.9. The number of nitrogens with one attached hydrogen (secondary N) is 2. The van der Waals surface area contributed by atoms with E-state index in [1.165, 1.54) is 5.56 Å². The number of hydrogen-bond donors (Lipinski definition) is 2.